The molecule has 1 aromatic heterocycles. The number of nitrogens with one attached hydrogen (secondary N) is 1. The van der Waals surface area contributed by atoms with Crippen LogP contribution in [-0.4, -0.2) is 30.8 Å². The normalized spacial score (nSPS) is 11.2. The van der Waals surface area contributed by atoms with Crippen LogP contribution in [-0.2, 0) is 11.2 Å². The van der Waals surface area contributed by atoms with E-state index in [0.717, 1.165) is 21.8 Å². The minimum Gasteiger partial charge on any atom is -0.493 e. The molecule has 2 aromatic carbocycles. The molecule has 1 amide bonds. The first-order chi connectivity index (χ1) is 13.6. The number of aromatic nitrogens is 1. The fourth-order valence-electron chi connectivity index (χ4n) is 2.58. The van der Waals surface area contributed by atoms with E-state index in [4.69, 9.17) is 9.47 Å². The highest BCUT2D eigenvalue weighted by Crippen LogP contribution is 2.27. The fourth-order valence-corrected chi connectivity index (χ4v) is 3.38. The Morgan fingerprint density at radius 3 is 2.57 bits per heavy atom. The highest BCUT2D eigenvalue weighted by Gasteiger charge is 2.10. The van der Waals surface area contributed by atoms with Crippen molar-refractivity contribution in [2.24, 2.45) is 5.10 Å². The van der Waals surface area contributed by atoms with E-state index in [0.29, 0.717) is 17.2 Å². The van der Waals surface area contributed by atoms with Crippen molar-refractivity contribution in [3.63, 3.8) is 0 Å². The minimum atomic E-state index is -0.214. The number of ether oxygens (including phenoxy) is 2. The molecular weight excluding hydrogens is 374 g/mol. The van der Waals surface area contributed by atoms with Crippen molar-refractivity contribution >= 4 is 23.0 Å². The standard InChI is InChI=1S/C21H21N3O3S/c1-14(16-9-10-18(26-2)19(11-16)27-3)23-24-20(25)12-21-22-17(13-28-21)15-7-5-4-6-8-15/h4-11,13H,12H2,1-3H3,(H,24,25)/b23-14-. The summed E-state index contributed by atoms with van der Waals surface area (Å²) in [7, 11) is 3.16. The quantitative estimate of drug-likeness (QED) is 0.486. The van der Waals surface area contributed by atoms with E-state index in [-0.39, 0.29) is 12.3 Å². The van der Waals surface area contributed by atoms with E-state index >= 15 is 0 Å². The predicted molar refractivity (Wildman–Crippen MR) is 111 cm³/mol. The van der Waals surface area contributed by atoms with Crippen LogP contribution >= 0.6 is 11.3 Å². The van der Waals surface area contributed by atoms with Gasteiger partial charge < -0.3 is 9.47 Å². The number of amides is 1. The van der Waals surface area contributed by atoms with Crippen molar-refractivity contribution in [3.8, 4) is 22.8 Å². The number of rotatable bonds is 7. The molecule has 28 heavy (non-hydrogen) atoms. The lowest BCUT2D eigenvalue weighted by atomic mass is 10.1. The summed E-state index contributed by atoms with van der Waals surface area (Å²) in [5.41, 5.74) is 5.99. The van der Waals surface area contributed by atoms with Crippen molar-refractivity contribution < 1.29 is 14.3 Å². The van der Waals surface area contributed by atoms with Crippen LogP contribution in [0.1, 0.15) is 17.5 Å². The number of carbonyl (C=O) groups is 1. The van der Waals surface area contributed by atoms with Gasteiger partial charge in [-0.3, -0.25) is 4.79 Å². The molecular formula is C21H21N3O3S. The molecule has 3 aromatic rings. The predicted octanol–water partition coefficient (Wildman–Crippen LogP) is 3.91. The molecule has 7 heteroatoms. The maximum absolute atomic E-state index is 12.2. The minimum absolute atomic E-state index is 0.181. The molecule has 0 radical (unpaired) electrons. The van der Waals surface area contributed by atoms with Crippen molar-refractivity contribution in [3.05, 3.63) is 64.5 Å². The van der Waals surface area contributed by atoms with E-state index in [1.807, 2.05) is 54.8 Å². The van der Waals surface area contributed by atoms with E-state index < -0.39 is 0 Å². The van der Waals surface area contributed by atoms with E-state index in [2.05, 4.69) is 15.5 Å². The topological polar surface area (TPSA) is 72.8 Å². The Hall–Kier alpha value is -3.19. The van der Waals surface area contributed by atoms with Crippen LogP contribution in [0.2, 0.25) is 0 Å². The van der Waals surface area contributed by atoms with Crippen LogP contribution in [0.3, 0.4) is 0 Å². The van der Waals surface area contributed by atoms with Gasteiger partial charge in [-0.05, 0) is 25.1 Å². The average molecular weight is 395 g/mol. The van der Waals surface area contributed by atoms with Crippen LogP contribution in [0.5, 0.6) is 11.5 Å². The molecule has 1 heterocycles. The lowest BCUT2D eigenvalue weighted by Gasteiger charge is -2.09. The third-order valence-corrected chi connectivity index (χ3v) is 4.93. The summed E-state index contributed by atoms with van der Waals surface area (Å²) in [5.74, 6) is 1.03. The first kappa shape index (κ1) is 19.6. The summed E-state index contributed by atoms with van der Waals surface area (Å²) in [6.07, 6.45) is 0.181. The Bertz CT molecular complexity index is 984. The lowest BCUT2D eigenvalue weighted by molar-refractivity contribution is -0.120. The van der Waals surface area contributed by atoms with Crippen molar-refractivity contribution in [1.82, 2.24) is 10.4 Å². The van der Waals surface area contributed by atoms with Gasteiger partial charge in [0.1, 0.15) is 5.01 Å². The lowest BCUT2D eigenvalue weighted by Crippen LogP contribution is -2.21. The molecule has 0 unspecified atom stereocenters. The summed E-state index contributed by atoms with van der Waals surface area (Å²) < 4.78 is 10.5. The Morgan fingerprint density at radius 2 is 1.86 bits per heavy atom. The van der Waals surface area contributed by atoms with E-state index in [9.17, 15) is 4.79 Å². The third-order valence-electron chi connectivity index (χ3n) is 4.08. The first-order valence-electron chi connectivity index (χ1n) is 8.66. The summed E-state index contributed by atoms with van der Waals surface area (Å²) in [4.78, 5) is 16.7. The molecule has 0 bridgehead atoms. The first-order valence-corrected chi connectivity index (χ1v) is 9.54. The highest BCUT2D eigenvalue weighted by molar-refractivity contribution is 7.10. The molecule has 0 saturated heterocycles. The van der Waals surface area contributed by atoms with Gasteiger partial charge in [0.05, 0.1) is 32.0 Å². The van der Waals surface area contributed by atoms with Crippen molar-refractivity contribution in [1.29, 1.82) is 0 Å². The number of nitrogens with zero attached hydrogens (tertiary/aromatic N) is 2. The third kappa shape index (κ3) is 4.75. The SMILES string of the molecule is COc1ccc(/C(C)=N\NC(=O)Cc2nc(-c3ccccc3)cs2)cc1OC. The second-order valence-electron chi connectivity index (χ2n) is 5.97. The fraction of sp³-hybridized carbons (Fsp3) is 0.190. The second-order valence-corrected chi connectivity index (χ2v) is 6.91. The number of methoxy groups -OCH3 is 2. The van der Waals surface area contributed by atoms with Gasteiger partial charge in [-0.2, -0.15) is 5.10 Å². The van der Waals surface area contributed by atoms with Gasteiger partial charge in [-0.1, -0.05) is 30.3 Å². The number of hydrogen-bond acceptors (Lipinski definition) is 6. The number of hydrogen-bond donors (Lipinski definition) is 1. The van der Waals surface area contributed by atoms with Gasteiger partial charge in [-0.25, -0.2) is 10.4 Å². The van der Waals surface area contributed by atoms with Crippen molar-refractivity contribution in [2.75, 3.05) is 14.2 Å². The molecule has 144 valence electrons. The molecule has 0 fully saturated rings. The van der Waals surface area contributed by atoms with Crippen molar-refractivity contribution in [2.45, 2.75) is 13.3 Å². The zero-order valence-corrected chi connectivity index (χ0v) is 16.7. The van der Waals surface area contributed by atoms with Crippen LogP contribution < -0.4 is 14.9 Å². The Balaban J connectivity index is 1.63. The highest BCUT2D eigenvalue weighted by atomic mass is 32.1. The van der Waals surface area contributed by atoms with Crippen LogP contribution in [0.25, 0.3) is 11.3 Å². The molecule has 0 aliphatic heterocycles. The zero-order chi connectivity index (χ0) is 19.9. The number of hydrazone groups is 1. The Morgan fingerprint density at radius 1 is 1.11 bits per heavy atom. The monoisotopic (exact) mass is 395 g/mol. The maximum Gasteiger partial charge on any atom is 0.246 e. The smallest absolute Gasteiger partial charge is 0.246 e. The molecule has 0 atom stereocenters. The Kier molecular flexibility index (Phi) is 6.39. The van der Waals surface area contributed by atoms with E-state index in [1.54, 1.807) is 20.3 Å². The maximum atomic E-state index is 12.2. The molecule has 3 rings (SSSR count). The number of thiazole rings is 1. The van der Waals surface area contributed by atoms with E-state index in [1.165, 1.54) is 11.3 Å². The number of carbonyl (C=O) groups excluding carboxylic acids is 1. The summed E-state index contributed by atoms with van der Waals surface area (Å²) in [6.45, 7) is 1.82. The Labute approximate surface area is 167 Å². The zero-order valence-electron chi connectivity index (χ0n) is 15.9. The molecule has 1 N–H and O–H groups in total. The van der Waals surface area contributed by atoms with Gasteiger partial charge in [-0.15, -0.1) is 11.3 Å². The summed E-state index contributed by atoms with van der Waals surface area (Å²) >= 11 is 1.46. The molecule has 0 spiro atoms. The van der Waals surface area contributed by atoms with Crippen LogP contribution in [0.15, 0.2) is 59.0 Å². The molecule has 0 aliphatic carbocycles. The number of benzene rings is 2. The van der Waals surface area contributed by atoms with Gasteiger partial charge in [0.25, 0.3) is 0 Å². The van der Waals surface area contributed by atoms with Gasteiger partial charge in [0.15, 0.2) is 11.5 Å². The molecule has 0 aliphatic rings. The summed E-state index contributed by atoms with van der Waals surface area (Å²) in [5, 5.41) is 6.88. The average Bonchev–Trinajstić information content (AvgIpc) is 3.20. The van der Waals surface area contributed by atoms with Crippen LogP contribution in [0.4, 0.5) is 0 Å². The summed E-state index contributed by atoms with van der Waals surface area (Å²) in [6, 6.07) is 15.4. The van der Waals surface area contributed by atoms with Gasteiger partial charge in [0, 0.05) is 16.5 Å². The van der Waals surface area contributed by atoms with Crippen LogP contribution in [0, 0.1) is 0 Å². The molecule has 0 saturated carbocycles. The van der Waals surface area contributed by atoms with Gasteiger partial charge >= 0.3 is 0 Å². The molecule has 6 nitrogen and oxygen atoms in total. The van der Waals surface area contributed by atoms with Gasteiger partial charge in [0.2, 0.25) is 5.91 Å². The second kappa shape index (κ2) is 9.14. The largest absolute Gasteiger partial charge is 0.493 e.